The Labute approximate surface area is 132 Å². The largest absolute Gasteiger partial charge is 0.383 e. The molecule has 0 aliphatic carbocycles. The highest BCUT2D eigenvalue weighted by atomic mass is 16.6. The maximum atomic E-state index is 10.9. The van der Waals surface area contributed by atoms with E-state index >= 15 is 0 Å². The number of nitrogens with one attached hydrogen (secondary N) is 2. The third-order valence-corrected chi connectivity index (χ3v) is 3.16. The first-order valence-electron chi connectivity index (χ1n) is 6.60. The summed E-state index contributed by atoms with van der Waals surface area (Å²) in [6.07, 6.45) is 2.92. The Bertz CT molecular complexity index is 814. The number of anilines is 1. The highest BCUT2D eigenvalue weighted by Crippen LogP contribution is 2.26. The Hall–Kier alpha value is -3.48. The fourth-order valence-electron chi connectivity index (χ4n) is 1.99. The number of hydrogen-bond acceptors (Lipinski definition) is 6. The van der Waals surface area contributed by atoms with Crippen LogP contribution in [0, 0.1) is 15.5 Å². The molecule has 1 heterocycles. The standard InChI is InChI=1S/C16H15N5O2/c1-3-19-10(2)15(17)14-8-12(9-20-16(14)18)11-5-4-6-13(7-11)21(22)23/h3-9,17,19H,1-2H2,(H2,18,20). The molecule has 1 aromatic heterocycles. The molecule has 0 radical (unpaired) electrons. The molecule has 0 fully saturated rings. The smallest absolute Gasteiger partial charge is 0.270 e. The van der Waals surface area contributed by atoms with Crippen molar-refractivity contribution in [2.75, 3.05) is 5.73 Å². The van der Waals surface area contributed by atoms with Gasteiger partial charge in [0.2, 0.25) is 0 Å². The van der Waals surface area contributed by atoms with E-state index in [0.717, 1.165) is 0 Å². The number of nitro benzene ring substituents is 1. The summed E-state index contributed by atoms with van der Waals surface area (Å²) >= 11 is 0. The number of pyridine rings is 1. The van der Waals surface area contributed by atoms with Gasteiger partial charge in [0.15, 0.2) is 0 Å². The molecule has 0 unspecified atom stereocenters. The number of benzene rings is 1. The highest BCUT2D eigenvalue weighted by Gasteiger charge is 2.13. The maximum Gasteiger partial charge on any atom is 0.270 e. The van der Waals surface area contributed by atoms with Crippen molar-refractivity contribution in [1.29, 1.82) is 5.41 Å². The molecule has 0 aliphatic heterocycles. The Balaban J connectivity index is 2.46. The Morgan fingerprint density at radius 2 is 2.13 bits per heavy atom. The van der Waals surface area contributed by atoms with Gasteiger partial charge in [-0.25, -0.2) is 4.98 Å². The average Bonchev–Trinajstić information content (AvgIpc) is 2.55. The molecule has 2 rings (SSSR count). The number of nitrogens with zero attached hydrogens (tertiary/aromatic N) is 2. The lowest BCUT2D eigenvalue weighted by atomic mass is 10.0. The van der Waals surface area contributed by atoms with E-state index in [1.807, 2.05) is 0 Å². The summed E-state index contributed by atoms with van der Waals surface area (Å²) < 4.78 is 0. The first kappa shape index (κ1) is 15.9. The van der Waals surface area contributed by atoms with Crippen molar-refractivity contribution in [2.24, 2.45) is 0 Å². The van der Waals surface area contributed by atoms with E-state index in [0.29, 0.717) is 22.4 Å². The quantitative estimate of drug-likeness (QED) is 0.431. The number of nitrogen functional groups attached to an aromatic ring is 1. The van der Waals surface area contributed by atoms with Crippen molar-refractivity contribution >= 4 is 17.2 Å². The number of hydrogen-bond donors (Lipinski definition) is 3. The molecule has 0 atom stereocenters. The van der Waals surface area contributed by atoms with Gasteiger partial charge in [0, 0.05) is 29.5 Å². The van der Waals surface area contributed by atoms with Crippen molar-refractivity contribution in [3.05, 3.63) is 77.3 Å². The summed E-state index contributed by atoms with van der Waals surface area (Å²) in [6.45, 7) is 7.23. The van der Waals surface area contributed by atoms with E-state index in [9.17, 15) is 10.1 Å². The minimum Gasteiger partial charge on any atom is -0.383 e. The lowest BCUT2D eigenvalue weighted by Crippen LogP contribution is -2.16. The van der Waals surface area contributed by atoms with Gasteiger partial charge in [-0.15, -0.1) is 0 Å². The van der Waals surface area contributed by atoms with Crippen molar-refractivity contribution in [2.45, 2.75) is 0 Å². The second kappa shape index (κ2) is 6.52. The van der Waals surface area contributed by atoms with Crippen LogP contribution in [0.15, 0.2) is 61.6 Å². The molecule has 0 amide bonds. The summed E-state index contributed by atoms with van der Waals surface area (Å²) in [5, 5.41) is 21.7. The minimum absolute atomic E-state index is 0.0197. The molecule has 0 saturated heterocycles. The number of rotatable bonds is 6. The van der Waals surface area contributed by atoms with Gasteiger partial charge in [-0.1, -0.05) is 25.3 Å². The van der Waals surface area contributed by atoms with Gasteiger partial charge in [-0.05, 0) is 17.8 Å². The van der Waals surface area contributed by atoms with Crippen LogP contribution in [0.25, 0.3) is 11.1 Å². The molecule has 2 aromatic rings. The summed E-state index contributed by atoms with van der Waals surface area (Å²) in [5.41, 5.74) is 7.82. The minimum atomic E-state index is -0.465. The highest BCUT2D eigenvalue weighted by molar-refractivity contribution is 6.13. The number of nitrogens with two attached hydrogens (primary N) is 1. The van der Waals surface area contributed by atoms with Crippen molar-refractivity contribution < 1.29 is 4.92 Å². The molecule has 7 nitrogen and oxygen atoms in total. The zero-order chi connectivity index (χ0) is 17.0. The zero-order valence-electron chi connectivity index (χ0n) is 12.2. The molecule has 4 N–H and O–H groups in total. The van der Waals surface area contributed by atoms with E-state index in [1.54, 1.807) is 18.2 Å². The predicted molar refractivity (Wildman–Crippen MR) is 90.0 cm³/mol. The van der Waals surface area contributed by atoms with Gasteiger partial charge < -0.3 is 11.1 Å². The Morgan fingerprint density at radius 3 is 2.78 bits per heavy atom. The van der Waals surface area contributed by atoms with Gasteiger partial charge in [-0.2, -0.15) is 0 Å². The van der Waals surface area contributed by atoms with E-state index < -0.39 is 4.92 Å². The molecule has 1 aromatic carbocycles. The third kappa shape index (κ3) is 3.41. The number of allylic oxidation sites excluding steroid dienone is 1. The Morgan fingerprint density at radius 1 is 1.39 bits per heavy atom. The van der Waals surface area contributed by atoms with Crippen LogP contribution in [0.1, 0.15) is 5.56 Å². The van der Waals surface area contributed by atoms with E-state index in [-0.39, 0.29) is 17.2 Å². The van der Waals surface area contributed by atoms with Gasteiger partial charge in [-0.3, -0.25) is 15.5 Å². The summed E-state index contributed by atoms with van der Waals surface area (Å²) in [4.78, 5) is 14.5. The van der Waals surface area contributed by atoms with Crippen LogP contribution in [-0.2, 0) is 0 Å². The topological polar surface area (TPSA) is 118 Å². The molecule has 0 aliphatic rings. The predicted octanol–water partition coefficient (Wildman–Crippen LogP) is 2.85. The molecule has 23 heavy (non-hydrogen) atoms. The second-order valence-corrected chi connectivity index (χ2v) is 4.67. The third-order valence-electron chi connectivity index (χ3n) is 3.16. The average molecular weight is 309 g/mol. The van der Waals surface area contributed by atoms with Crippen molar-refractivity contribution in [3.8, 4) is 11.1 Å². The fourth-order valence-corrected chi connectivity index (χ4v) is 1.99. The monoisotopic (exact) mass is 309 g/mol. The Kier molecular flexibility index (Phi) is 4.51. The molecule has 0 bridgehead atoms. The zero-order valence-corrected chi connectivity index (χ0v) is 12.2. The fraction of sp³-hybridized carbons (Fsp3) is 0. The molecule has 0 saturated carbocycles. The number of nitro groups is 1. The van der Waals surface area contributed by atoms with Gasteiger partial charge in [0.05, 0.1) is 16.3 Å². The number of non-ortho nitro benzene ring substituents is 1. The summed E-state index contributed by atoms with van der Waals surface area (Å²) in [7, 11) is 0. The number of aromatic nitrogens is 1. The van der Waals surface area contributed by atoms with Crippen LogP contribution in [0.4, 0.5) is 11.5 Å². The summed E-state index contributed by atoms with van der Waals surface area (Å²) in [5.74, 6) is 0.177. The second-order valence-electron chi connectivity index (χ2n) is 4.67. The van der Waals surface area contributed by atoms with Crippen molar-refractivity contribution in [1.82, 2.24) is 10.3 Å². The van der Waals surface area contributed by atoms with Crippen molar-refractivity contribution in [3.63, 3.8) is 0 Å². The van der Waals surface area contributed by atoms with Gasteiger partial charge >= 0.3 is 0 Å². The van der Waals surface area contributed by atoms with E-state index in [4.69, 9.17) is 11.1 Å². The van der Waals surface area contributed by atoms with Gasteiger partial charge in [0.1, 0.15) is 5.82 Å². The maximum absolute atomic E-state index is 10.9. The van der Waals surface area contributed by atoms with Crippen LogP contribution in [0.2, 0.25) is 0 Å². The van der Waals surface area contributed by atoms with Gasteiger partial charge in [0.25, 0.3) is 5.69 Å². The first-order chi connectivity index (χ1) is 10.9. The molecule has 7 heteroatoms. The lowest BCUT2D eigenvalue weighted by molar-refractivity contribution is -0.384. The van der Waals surface area contributed by atoms with Crippen LogP contribution in [-0.4, -0.2) is 15.6 Å². The summed E-state index contributed by atoms with van der Waals surface area (Å²) in [6, 6.07) is 7.82. The molecular formula is C16H15N5O2. The van der Waals surface area contributed by atoms with Crippen LogP contribution in [0.5, 0.6) is 0 Å². The SMILES string of the molecule is C=CNC(=C)C(=N)c1cc(-c2cccc([N+](=O)[O-])c2)cnc1N. The van der Waals surface area contributed by atoms with Crippen LogP contribution >= 0.6 is 0 Å². The van der Waals surface area contributed by atoms with Crippen LogP contribution in [0.3, 0.4) is 0 Å². The molecular weight excluding hydrogens is 294 g/mol. The van der Waals surface area contributed by atoms with Crippen LogP contribution < -0.4 is 11.1 Å². The molecule has 0 spiro atoms. The molecule has 116 valence electrons. The lowest BCUT2D eigenvalue weighted by Gasteiger charge is -2.11. The van der Waals surface area contributed by atoms with E-state index in [1.165, 1.54) is 24.5 Å². The first-order valence-corrected chi connectivity index (χ1v) is 6.60. The normalized spacial score (nSPS) is 9.91. The van der Waals surface area contributed by atoms with E-state index in [2.05, 4.69) is 23.5 Å².